The summed E-state index contributed by atoms with van der Waals surface area (Å²) in [6.07, 6.45) is 9.40. The first-order chi connectivity index (χ1) is 26.8. The summed E-state index contributed by atoms with van der Waals surface area (Å²) >= 11 is 0. The molecule has 4 aliphatic rings. The van der Waals surface area contributed by atoms with Gasteiger partial charge in [-0.05, 0) is 118 Å². The lowest BCUT2D eigenvalue weighted by atomic mass is 9.80. The Morgan fingerprint density at radius 3 is 2.25 bits per heavy atom. The third kappa shape index (κ3) is 6.70. The lowest BCUT2D eigenvalue weighted by Crippen LogP contribution is -2.36. The van der Waals surface area contributed by atoms with Crippen molar-refractivity contribution in [3.63, 3.8) is 0 Å². The average molecular weight is 762 g/mol. The number of benzene rings is 2. The van der Waals surface area contributed by atoms with Crippen LogP contribution in [0.15, 0.2) is 36.4 Å². The first kappa shape index (κ1) is 38.3. The zero-order valence-electron chi connectivity index (χ0n) is 34.1. The maximum atomic E-state index is 16.0. The minimum Gasteiger partial charge on any atom is -0.469 e. The van der Waals surface area contributed by atoms with Gasteiger partial charge in [0.15, 0.2) is 17.5 Å². The highest BCUT2D eigenvalue weighted by molar-refractivity contribution is 6.03. The van der Waals surface area contributed by atoms with Crippen LogP contribution in [0.2, 0.25) is 0 Å². The van der Waals surface area contributed by atoms with Crippen LogP contribution in [-0.4, -0.2) is 73.6 Å². The molecule has 1 amide bonds. The number of anilines is 1. The fourth-order valence-electron chi connectivity index (χ4n) is 10.3. The van der Waals surface area contributed by atoms with Crippen LogP contribution in [-0.2, 0) is 49.6 Å². The molecule has 1 N–H and O–H groups in total. The van der Waals surface area contributed by atoms with Crippen LogP contribution in [0, 0.1) is 24.7 Å². The lowest BCUT2D eigenvalue weighted by molar-refractivity contribution is -0.152. The molecule has 0 unspecified atom stereocenters. The molecule has 4 aromatic rings. The maximum Gasteiger partial charge on any atom is 0.311 e. The van der Waals surface area contributed by atoms with Crippen LogP contribution >= 0.6 is 0 Å². The zero-order valence-corrected chi connectivity index (χ0v) is 34.1. The molecule has 0 atom stereocenters. The Labute approximate surface area is 330 Å². The Balaban J connectivity index is 0.958. The first-order valence-corrected chi connectivity index (χ1v) is 20.3. The van der Waals surface area contributed by atoms with Crippen LogP contribution in [0.25, 0.3) is 23.0 Å². The quantitative estimate of drug-likeness (QED) is 0.165. The van der Waals surface area contributed by atoms with Gasteiger partial charge in [0.05, 0.1) is 23.9 Å². The Kier molecular flexibility index (Phi) is 10.1. The van der Waals surface area contributed by atoms with Gasteiger partial charge in [0.2, 0.25) is 0 Å². The van der Waals surface area contributed by atoms with E-state index in [1.807, 2.05) is 73.5 Å². The van der Waals surface area contributed by atoms with Gasteiger partial charge in [-0.3, -0.25) is 19.4 Å². The molecule has 0 spiro atoms. The Bertz CT molecular complexity index is 2220. The second-order valence-corrected chi connectivity index (χ2v) is 17.3. The van der Waals surface area contributed by atoms with Gasteiger partial charge in [-0.15, -0.1) is 0 Å². The van der Waals surface area contributed by atoms with E-state index >= 15 is 4.39 Å². The number of halogens is 1. The number of hydrogen-bond donors (Lipinski definition) is 1. The number of ether oxygens (including phenoxy) is 1. The average Bonchev–Trinajstić information content (AvgIpc) is 3.95. The van der Waals surface area contributed by atoms with Gasteiger partial charge in [0.25, 0.3) is 5.91 Å². The van der Waals surface area contributed by atoms with E-state index in [1.165, 1.54) is 7.11 Å². The van der Waals surface area contributed by atoms with Crippen LogP contribution < -0.4 is 5.32 Å². The van der Waals surface area contributed by atoms with Crippen LogP contribution in [0.3, 0.4) is 0 Å². The number of fused-ring (bicyclic) bond motifs is 4. The summed E-state index contributed by atoms with van der Waals surface area (Å²) in [5.74, 6) is 0.142. The molecule has 0 radical (unpaired) electrons. The largest absolute Gasteiger partial charge is 0.469 e. The van der Waals surface area contributed by atoms with E-state index < -0.39 is 0 Å². The number of rotatable bonds is 10. The molecule has 56 heavy (non-hydrogen) atoms. The van der Waals surface area contributed by atoms with Crippen molar-refractivity contribution in [2.75, 3.05) is 32.1 Å². The molecular weight excluding hydrogens is 706 g/mol. The third-order valence-corrected chi connectivity index (χ3v) is 13.9. The van der Waals surface area contributed by atoms with E-state index in [2.05, 4.69) is 29.0 Å². The summed E-state index contributed by atoms with van der Waals surface area (Å²) in [4.78, 5) is 40.9. The monoisotopic (exact) mass is 761 g/mol. The summed E-state index contributed by atoms with van der Waals surface area (Å²) in [6.45, 7) is 12.7. The van der Waals surface area contributed by atoms with Crippen molar-refractivity contribution >= 4 is 29.5 Å². The summed E-state index contributed by atoms with van der Waals surface area (Å²) < 4.78 is 25.0. The fourth-order valence-corrected chi connectivity index (χ4v) is 10.3. The zero-order chi connectivity index (χ0) is 39.5. The van der Waals surface area contributed by atoms with Crippen molar-refractivity contribution in [2.45, 2.75) is 98.2 Å². The molecule has 2 fully saturated rings. The highest BCUT2D eigenvalue weighted by Crippen LogP contribution is 2.63. The van der Waals surface area contributed by atoms with E-state index in [4.69, 9.17) is 14.7 Å². The molecule has 11 heteroatoms. The third-order valence-electron chi connectivity index (χ3n) is 13.9. The summed E-state index contributed by atoms with van der Waals surface area (Å²) in [7, 11) is 5.36. The number of hydrogen-bond acceptors (Lipinski definition) is 7. The van der Waals surface area contributed by atoms with E-state index in [-0.39, 0.29) is 28.5 Å². The van der Waals surface area contributed by atoms with E-state index in [0.29, 0.717) is 29.9 Å². The van der Waals surface area contributed by atoms with Gasteiger partial charge < -0.3 is 19.2 Å². The lowest BCUT2D eigenvalue weighted by Gasteiger charge is -2.32. The van der Waals surface area contributed by atoms with Gasteiger partial charge in [0.1, 0.15) is 0 Å². The molecule has 10 nitrogen and oxygen atoms in total. The number of carbonyl (C=O) groups is 2. The molecule has 2 aromatic carbocycles. The second-order valence-electron chi connectivity index (χ2n) is 17.3. The van der Waals surface area contributed by atoms with Crippen molar-refractivity contribution in [1.82, 2.24) is 28.9 Å². The van der Waals surface area contributed by atoms with Crippen molar-refractivity contribution < 1.29 is 18.7 Å². The molecule has 2 bridgehead atoms. The van der Waals surface area contributed by atoms with Crippen molar-refractivity contribution in [2.24, 2.45) is 24.9 Å². The number of carbonyl (C=O) groups excluding carboxylic acids is 2. The normalized spacial score (nSPS) is 22.4. The van der Waals surface area contributed by atoms with Crippen LogP contribution in [0.1, 0.15) is 108 Å². The highest BCUT2D eigenvalue weighted by atomic mass is 19.1. The van der Waals surface area contributed by atoms with E-state index in [0.717, 1.165) is 128 Å². The summed E-state index contributed by atoms with van der Waals surface area (Å²) in [5.41, 5.74) is 9.42. The number of imidazole rings is 2. The van der Waals surface area contributed by atoms with Crippen molar-refractivity contribution in [1.29, 1.82) is 0 Å². The molecular formula is C45H56FN7O3. The highest BCUT2D eigenvalue weighted by Gasteiger charge is 2.58. The summed E-state index contributed by atoms with van der Waals surface area (Å²) in [6, 6.07) is 12.3. The predicted octanol–water partition coefficient (Wildman–Crippen LogP) is 7.80. The van der Waals surface area contributed by atoms with Crippen LogP contribution in [0.4, 0.5) is 10.1 Å². The Morgan fingerprint density at radius 2 is 1.54 bits per heavy atom. The molecule has 0 saturated heterocycles. The van der Waals surface area contributed by atoms with Gasteiger partial charge in [0, 0.05) is 76.2 Å². The molecule has 4 heterocycles. The number of esters is 1. The van der Waals surface area contributed by atoms with Gasteiger partial charge in [-0.1, -0.05) is 30.3 Å². The standard InChI is InChI=1S/C45H56FN7O3/c1-28(2)53-22-15-39-37(26-53)47-40(50(39)5)34(46)24-31-10-8-11-32(29(31)3)33-12-9-13-35(30(33)4)49-42(54)41-48-36-25-52(21-14-38(36)51(41)6)23-20-44-16-18-45(27-44,19-17-44)43(55)56-7/h8-13,24,28H,14-23,25-27H2,1-7H3,(H,49,54)/b34-24-. The number of methoxy groups -OCH3 is 1. The topological polar surface area (TPSA) is 97.5 Å². The van der Waals surface area contributed by atoms with Gasteiger partial charge in [-0.25, -0.2) is 14.4 Å². The smallest absolute Gasteiger partial charge is 0.311 e. The predicted molar refractivity (Wildman–Crippen MR) is 218 cm³/mol. The second kappa shape index (κ2) is 14.7. The fraction of sp³-hybridized carbons (Fsp3) is 0.511. The number of aromatic nitrogens is 4. The summed E-state index contributed by atoms with van der Waals surface area (Å²) in [5, 5.41) is 3.16. The molecule has 2 aromatic heterocycles. The number of nitrogens with zero attached hydrogens (tertiary/aromatic N) is 6. The van der Waals surface area contributed by atoms with Gasteiger partial charge in [-0.2, -0.15) is 0 Å². The maximum absolute atomic E-state index is 16.0. The minimum atomic E-state index is -0.356. The SMILES string of the molecule is COC(=O)C12CCC(CCN3CCc4c(nc(C(=O)Nc5cccc(-c6cccc(/C=C(\F)c7nc8c(n7C)CCN(C(C)C)C8)c6C)c5C)n4C)C3)(CC1)C2. The Hall–Kier alpha value is -4.61. The van der Waals surface area contributed by atoms with E-state index in [1.54, 1.807) is 6.08 Å². The molecule has 8 rings (SSSR count). The number of amides is 1. The molecule has 2 aliphatic heterocycles. The number of nitrogens with one attached hydrogen (secondary N) is 1. The van der Waals surface area contributed by atoms with Crippen molar-refractivity contribution in [3.8, 4) is 11.1 Å². The minimum absolute atomic E-state index is 0.0253. The molecule has 296 valence electrons. The van der Waals surface area contributed by atoms with E-state index in [9.17, 15) is 9.59 Å². The molecule has 2 saturated carbocycles. The molecule has 2 aliphatic carbocycles. The van der Waals surface area contributed by atoms with Gasteiger partial charge >= 0.3 is 5.97 Å². The Morgan fingerprint density at radius 1 is 0.893 bits per heavy atom. The van der Waals surface area contributed by atoms with Crippen LogP contribution in [0.5, 0.6) is 0 Å². The first-order valence-electron chi connectivity index (χ1n) is 20.3. The van der Waals surface area contributed by atoms with Crippen molar-refractivity contribution in [3.05, 3.63) is 87.5 Å².